The first-order chi connectivity index (χ1) is 32.9. The van der Waals surface area contributed by atoms with Crippen LogP contribution < -0.4 is 37.6 Å². The number of carbonyl (C=O) groups excluding carboxylic acids is 9. The van der Waals surface area contributed by atoms with Crippen molar-refractivity contribution in [3.8, 4) is 0 Å². The molecule has 4 heterocycles. The van der Waals surface area contributed by atoms with E-state index in [1.165, 1.54) is 30.6 Å². The van der Waals surface area contributed by atoms with E-state index < -0.39 is 183 Å². The summed E-state index contributed by atoms with van der Waals surface area (Å²) >= 11 is 0. The summed E-state index contributed by atoms with van der Waals surface area (Å²) in [5, 5.41) is 87.0. The number of rotatable bonds is 21. The third-order valence-corrected chi connectivity index (χ3v) is 12.3. The molecule has 0 saturated carbocycles. The van der Waals surface area contributed by atoms with Crippen LogP contribution in [0.25, 0.3) is 0 Å². The first kappa shape index (κ1) is 57.4. The molecule has 9 amide bonds. The maximum Gasteiger partial charge on any atom is 0.246 e. The average molecular weight is 1010 g/mol. The molecule has 0 aromatic carbocycles. The number of amides is 9. The smallest absolute Gasteiger partial charge is 0.246 e. The Balaban J connectivity index is 1.61. The van der Waals surface area contributed by atoms with E-state index in [0.29, 0.717) is 12.8 Å². The fourth-order valence-corrected chi connectivity index (χ4v) is 8.43. The van der Waals surface area contributed by atoms with Gasteiger partial charge in [-0.3, -0.25) is 43.2 Å². The van der Waals surface area contributed by atoms with Gasteiger partial charge in [0.2, 0.25) is 53.2 Å². The van der Waals surface area contributed by atoms with Gasteiger partial charge in [0.25, 0.3) is 0 Å². The van der Waals surface area contributed by atoms with Gasteiger partial charge >= 0.3 is 0 Å². The second-order valence-corrected chi connectivity index (χ2v) is 17.5. The van der Waals surface area contributed by atoms with Gasteiger partial charge in [-0.2, -0.15) is 0 Å². The zero-order chi connectivity index (χ0) is 52.3. The van der Waals surface area contributed by atoms with Crippen molar-refractivity contribution in [2.75, 3.05) is 39.5 Å². The van der Waals surface area contributed by atoms with Crippen molar-refractivity contribution in [2.45, 2.75) is 164 Å². The van der Waals surface area contributed by atoms with Crippen LogP contribution in [-0.4, -0.2) is 242 Å². The van der Waals surface area contributed by atoms with Crippen LogP contribution in [0.15, 0.2) is 0 Å². The molecule has 0 bridgehead atoms. The number of aliphatic hydroxyl groups is 7. The summed E-state index contributed by atoms with van der Waals surface area (Å²) in [6, 6.07) is -9.75. The molecule has 11 unspecified atom stereocenters. The van der Waals surface area contributed by atoms with Crippen LogP contribution >= 0.6 is 0 Å². The van der Waals surface area contributed by atoms with E-state index in [4.69, 9.17) is 24.7 Å². The maximum absolute atomic E-state index is 14.3. The van der Waals surface area contributed by atoms with Crippen molar-refractivity contribution >= 4 is 53.2 Å². The molecule has 4 aliphatic rings. The summed E-state index contributed by atoms with van der Waals surface area (Å²) in [5.74, 6) is -7.30. The highest BCUT2D eigenvalue weighted by atomic mass is 16.7. The maximum atomic E-state index is 14.3. The summed E-state index contributed by atoms with van der Waals surface area (Å²) in [6.07, 6.45) is -16.5. The van der Waals surface area contributed by atoms with Crippen LogP contribution in [0, 0.1) is 0 Å². The van der Waals surface area contributed by atoms with Gasteiger partial charge in [0, 0.05) is 26.9 Å². The lowest BCUT2D eigenvalue weighted by Crippen LogP contribution is -2.69. The summed E-state index contributed by atoms with van der Waals surface area (Å²) in [4.78, 5) is 120. The molecular weight excluding hydrogens is 938 g/mol. The number of aliphatic hydroxyl groups excluding tert-OH is 7. The van der Waals surface area contributed by atoms with Crippen molar-refractivity contribution < 1.29 is 97.8 Å². The molecule has 29 heteroatoms. The van der Waals surface area contributed by atoms with Crippen LogP contribution in [0.5, 0.6) is 0 Å². The van der Waals surface area contributed by atoms with E-state index in [2.05, 4.69) is 31.9 Å². The quantitative estimate of drug-likeness (QED) is 0.0508. The van der Waals surface area contributed by atoms with E-state index in [0.717, 1.165) is 13.8 Å². The number of carbonyl (C=O) groups is 9. The molecule has 0 aromatic heterocycles. The molecule has 4 fully saturated rings. The Morgan fingerprint density at radius 1 is 0.700 bits per heavy atom. The minimum Gasteiger partial charge on any atom is -0.394 e. The molecule has 0 aliphatic carbocycles. The molecule has 70 heavy (non-hydrogen) atoms. The second kappa shape index (κ2) is 25.8. The Morgan fingerprint density at radius 3 is 1.89 bits per heavy atom. The van der Waals surface area contributed by atoms with E-state index in [1.54, 1.807) is 0 Å². The van der Waals surface area contributed by atoms with Gasteiger partial charge in [0.15, 0.2) is 12.6 Å². The third kappa shape index (κ3) is 14.2. The third-order valence-electron chi connectivity index (χ3n) is 12.3. The Bertz CT molecular complexity index is 1900. The molecule has 0 radical (unpaired) electrons. The molecule has 0 aromatic rings. The first-order valence-electron chi connectivity index (χ1n) is 22.7. The highest BCUT2D eigenvalue weighted by Gasteiger charge is 2.53. The first-order valence-corrected chi connectivity index (χ1v) is 22.7. The van der Waals surface area contributed by atoms with Gasteiger partial charge in [0.1, 0.15) is 85.0 Å². The van der Waals surface area contributed by atoms with Crippen molar-refractivity contribution in [3.05, 3.63) is 0 Å². The molecule has 0 spiro atoms. The minimum absolute atomic E-state index is 0.0721. The molecule has 29 nitrogen and oxygen atoms in total. The fraction of sp³-hybridized carbons (Fsp3) is 0.780. The van der Waals surface area contributed by atoms with Crippen LogP contribution in [0.3, 0.4) is 0 Å². The highest BCUT2D eigenvalue weighted by molar-refractivity contribution is 5.97. The van der Waals surface area contributed by atoms with Gasteiger partial charge in [-0.15, -0.1) is 0 Å². The highest BCUT2D eigenvalue weighted by Crippen LogP contribution is 2.31. The summed E-state index contributed by atoms with van der Waals surface area (Å²) in [5.41, 5.74) is 5.29. The van der Waals surface area contributed by atoms with Crippen LogP contribution in [0.4, 0.5) is 0 Å². The standard InChI is InChI=1S/C41H67N9O20/c1-16(34(42)61)44-36(63)22-8-6-10-49(22)39(66)23-9-7-11-50(23)38(65)17(2)45-37(64)27(48-35(62)21(13-51)47-26(56)12-43-19(4)54)18(3)67-40-28(46-20(5)55)33(30(58)25(15-53)68-40)70-41-32(60)31(59)29(57)24(14-52)69-41/h16-18,21-25,27-33,40-41,51-53,57-60H,6-15H2,1-5H3,(H2,42,61)(H,43,54)(H,44,63)(H,45,64)(H,46,55)(H,47,56)(H,48,62)/t16?,17?,18?,21?,22?,23?,24?,25?,27?,28?,29-,30-,31-,32?,33+,40-,41-/m0/s1. The molecule has 15 N–H and O–H groups in total. The number of ether oxygens (including phenoxy) is 4. The van der Waals surface area contributed by atoms with Crippen LogP contribution in [0.2, 0.25) is 0 Å². The predicted octanol–water partition coefficient (Wildman–Crippen LogP) is -9.27. The number of nitrogens with zero attached hydrogens (tertiary/aromatic N) is 2. The molecule has 4 rings (SSSR count). The van der Waals surface area contributed by atoms with Crippen molar-refractivity contribution in [3.63, 3.8) is 0 Å². The fourth-order valence-electron chi connectivity index (χ4n) is 8.43. The summed E-state index contributed by atoms with van der Waals surface area (Å²) in [7, 11) is 0. The Labute approximate surface area is 401 Å². The normalized spacial score (nSPS) is 31.0. The van der Waals surface area contributed by atoms with Crippen molar-refractivity contribution in [1.29, 1.82) is 0 Å². The number of nitrogens with one attached hydrogen (secondary N) is 6. The largest absolute Gasteiger partial charge is 0.394 e. The lowest BCUT2D eigenvalue weighted by atomic mass is 9.95. The van der Waals surface area contributed by atoms with Gasteiger partial charge in [-0.1, -0.05) is 0 Å². The second-order valence-electron chi connectivity index (χ2n) is 17.5. The zero-order valence-electron chi connectivity index (χ0n) is 39.3. The molecule has 17 atom stereocenters. The number of hydrogen-bond acceptors (Lipinski definition) is 20. The molecule has 4 aliphatic heterocycles. The van der Waals surface area contributed by atoms with E-state index in [-0.39, 0.29) is 25.9 Å². The Hall–Kier alpha value is -5.21. The number of nitrogens with two attached hydrogens (primary N) is 1. The zero-order valence-corrected chi connectivity index (χ0v) is 39.3. The topological polar surface area (TPSA) is 437 Å². The van der Waals surface area contributed by atoms with Gasteiger partial charge in [-0.25, -0.2) is 0 Å². The molecule has 396 valence electrons. The van der Waals surface area contributed by atoms with Crippen molar-refractivity contribution in [1.82, 2.24) is 41.7 Å². The van der Waals surface area contributed by atoms with E-state index in [9.17, 15) is 78.9 Å². The van der Waals surface area contributed by atoms with Crippen molar-refractivity contribution in [2.24, 2.45) is 5.73 Å². The van der Waals surface area contributed by atoms with Gasteiger partial charge in [-0.05, 0) is 46.5 Å². The summed E-state index contributed by atoms with van der Waals surface area (Å²) in [6.45, 7) is 2.88. The van der Waals surface area contributed by atoms with Crippen LogP contribution in [0.1, 0.15) is 60.3 Å². The Kier molecular flexibility index (Phi) is 21.1. The average Bonchev–Trinajstić information content (AvgIpc) is 4.02. The lowest BCUT2D eigenvalue weighted by molar-refractivity contribution is -0.347. The van der Waals surface area contributed by atoms with Gasteiger partial charge in [0.05, 0.1) is 32.5 Å². The Morgan fingerprint density at radius 2 is 1.30 bits per heavy atom. The SMILES string of the molecule is CC(=O)NCC(=O)NC(CO)C(=O)NC(C(=O)NC(C)C(=O)N1CCCC1C(=O)N1CCCC1C(=O)NC(C)C(N)=O)C(C)O[C@H]1OC(CO)[C@H](O)[C@H](O[C@@H]2OC(CO)[C@H](O)[C@H](O)C2O)C1NC(C)=O. The number of hydrogen-bond donors (Lipinski definition) is 14. The monoisotopic (exact) mass is 1010 g/mol. The van der Waals surface area contributed by atoms with E-state index >= 15 is 0 Å². The number of likely N-dealkylation sites (tertiary alicyclic amines) is 2. The summed E-state index contributed by atoms with van der Waals surface area (Å²) < 4.78 is 23.2. The molecule has 4 saturated heterocycles. The molecular formula is C41H67N9O20. The number of primary amides is 1. The lowest BCUT2D eigenvalue weighted by Gasteiger charge is -2.48. The predicted molar refractivity (Wildman–Crippen MR) is 232 cm³/mol. The van der Waals surface area contributed by atoms with Gasteiger partial charge < -0.3 is 102 Å². The van der Waals surface area contributed by atoms with Crippen LogP contribution in [-0.2, 0) is 62.1 Å². The van der Waals surface area contributed by atoms with E-state index in [1.807, 2.05) is 0 Å². The minimum atomic E-state index is -2.00.